The molecule has 1 aromatic carbocycles. The van der Waals surface area contributed by atoms with Crippen LogP contribution in [0.4, 0.5) is 4.39 Å². The van der Waals surface area contributed by atoms with E-state index in [9.17, 15) is 14.3 Å². The third-order valence-electron chi connectivity index (χ3n) is 4.22. The molecule has 0 aromatic heterocycles. The van der Waals surface area contributed by atoms with Gasteiger partial charge in [-0.2, -0.15) is 0 Å². The summed E-state index contributed by atoms with van der Waals surface area (Å²) in [4.78, 5) is 16.9. The number of rotatable bonds is 7. The number of allylic oxidation sites excluding steroid dienone is 6. The number of hydrogen-bond acceptors (Lipinski definition) is 4. The maximum Gasteiger partial charge on any atom is 0.319 e. The van der Waals surface area contributed by atoms with Gasteiger partial charge in [-0.05, 0) is 60.6 Å². The number of ether oxygens (including phenoxy) is 1. The van der Waals surface area contributed by atoms with Gasteiger partial charge in [0, 0.05) is 19.5 Å². The first-order chi connectivity index (χ1) is 13.2. The average Bonchev–Trinajstić information content (AvgIpc) is 2.65. The van der Waals surface area contributed by atoms with Crippen LogP contribution in [0.5, 0.6) is 5.75 Å². The molecule has 2 rings (SSSR count). The van der Waals surface area contributed by atoms with Gasteiger partial charge in [0.15, 0.2) is 0 Å². The van der Waals surface area contributed by atoms with E-state index in [2.05, 4.69) is 4.99 Å². The third kappa shape index (κ3) is 5.35. The Hall–Kier alpha value is -2.34. The fourth-order valence-corrected chi connectivity index (χ4v) is 3.86. The van der Waals surface area contributed by atoms with Crippen LogP contribution in [0.1, 0.15) is 39.7 Å². The number of aliphatic carboxylic acids is 1. The standard InChI is InChI=1S/C22H26FNO3S/c1-6-20(28-22(3,4)21(25)26)18-13-16(10-11-19(18)24-5)15-8-7-9-17(12-15)27-14(2)23/h7-14H,6H2,1-5H3,(H,25,26)/b20-18+,24-19-. The molecule has 0 aliphatic heterocycles. The van der Waals surface area contributed by atoms with Gasteiger partial charge in [0.05, 0.1) is 5.71 Å². The summed E-state index contributed by atoms with van der Waals surface area (Å²) >= 11 is 1.34. The van der Waals surface area contributed by atoms with Crippen LogP contribution >= 0.6 is 11.8 Å². The average molecular weight is 404 g/mol. The van der Waals surface area contributed by atoms with E-state index < -0.39 is 17.1 Å². The normalized spacial score (nSPS) is 18.6. The largest absolute Gasteiger partial charge is 0.480 e. The molecule has 6 heteroatoms. The van der Waals surface area contributed by atoms with Gasteiger partial charge in [-0.1, -0.05) is 25.1 Å². The number of benzene rings is 1. The van der Waals surface area contributed by atoms with Crippen molar-refractivity contribution < 1.29 is 19.0 Å². The van der Waals surface area contributed by atoms with E-state index in [1.54, 1.807) is 33.0 Å². The molecule has 0 saturated heterocycles. The molecule has 4 nitrogen and oxygen atoms in total. The molecule has 1 unspecified atom stereocenters. The Morgan fingerprint density at radius 2 is 2.07 bits per heavy atom. The molecule has 0 saturated carbocycles. The quantitative estimate of drug-likeness (QED) is 0.638. The summed E-state index contributed by atoms with van der Waals surface area (Å²) in [5, 5.41) is 9.49. The van der Waals surface area contributed by atoms with Gasteiger partial charge in [0.2, 0.25) is 6.36 Å². The number of aliphatic imine (C=N–C) groups is 1. The number of carboxylic acids is 1. The SMILES string of the molecule is CC/C(SC(C)(C)C(=O)O)=C1/C=C(c2cccc(OC(C)F)c2)C=C/C1=N/C. The fourth-order valence-electron chi connectivity index (χ4n) is 2.74. The summed E-state index contributed by atoms with van der Waals surface area (Å²) in [7, 11) is 1.72. The van der Waals surface area contributed by atoms with Crippen molar-refractivity contribution >= 4 is 29.0 Å². The number of carboxylic acid groups (broad SMARTS) is 1. The van der Waals surface area contributed by atoms with Gasteiger partial charge in [0.25, 0.3) is 0 Å². The number of hydrogen-bond donors (Lipinski definition) is 1. The predicted octanol–water partition coefficient (Wildman–Crippen LogP) is 5.67. The van der Waals surface area contributed by atoms with Crippen LogP contribution in [0.2, 0.25) is 0 Å². The molecule has 1 aliphatic rings. The Labute approximate surface area is 169 Å². The molecule has 1 N–H and O–H groups in total. The summed E-state index contributed by atoms with van der Waals surface area (Å²) in [6, 6.07) is 7.25. The minimum atomic E-state index is -1.39. The van der Waals surface area contributed by atoms with Crippen molar-refractivity contribution in [2.45, 2.75) is 45.2 Å². The zero-order chi connectivity index (χ0) is 20.9. The lowest BCUT2D eigenvalue weighted by Crippen LogP contribution is -2.27. The zero-order valence-corrected chi connectivity index (χ0v) is 17.6. The van der Waals surface area contributed by atoms with Crippen molar-refractivity contribution in [3.8, 4) is 5.75 Å². The maximum atomic E-state index is 13.2. The van der Waals surface area contributed by atoms with Crippen molar-refractivity contribution in [3.05, 3.63) is 58.5 Å². The van der Waals surface area contributed by atoms with Crippen molar-refractivity contribution in [2.75, 3.05) is 7.05 Å². The molecule has 0 bridgehead atoms. The Morgan fingerprint density at radius 3 is 2.64 bits per heavy atom. The van der Waals surface area contributed by atoms with Crippen LogP contribution in [0.15, 0.2) is 58.0 Å². The number of carbonyl (C=O) groups is 1. The molecule has 1 aliphatic carbocycles. The third-order valence-corrected chi connectivity index (χ3v) is 5.66. The molecule has 0 heterocycles. The summed E-state index contributed by atoms with van der Waals surface area (Å²) < 4.78 is 17.4. The lowest BCUT2D eigenvalue weighted by atomic mass is 9.94. The van der Waals surface area contributed by atoms with Crippen LogP contribution in [-0.2, 0) is 4.79 Å². The topological polar surface area (TPSA) is 58.9 Å². The van der Waals surface area contributed by atoms with Crippen molar-refractivity contribution in [1.82, 2.24) is 0 Å². The smallest absolute Gasteiger partial charge is 0.319 e. The first kappa shape index (κ1) is 22.0. The highest BCUT2D eigenvalue weighted by Gasteiger charge is 2.30. The van der Waals surface area contributed by atoms with E-state index >= 15 is 0 Å². The molecule has 1 atom stereocenters. The van der Waals surface area contributed by atoms with Gasteiger partial charge in [-0.25, -0.2) is 4.39 Å². The Balaban J connectivity index is 2.50. The van der Waals surface area contributed by atoms with Crippen LogP contribution in [0, 0.1) is 0 Å². The Morgan fingerprint density at radius 1 is 1.36 bits per heavy atom. The van der Waals surface area contributed by atoms with Gasteiger partial charge in [-0.15, -0.1) is 11.8 Å². The predicted molar refractivity (Wildman–Crippen MR) is 115 cm³/mol. The zero-order valence-electron chi connectivity index (χ0n) is 16.8. The summed E-state index contributed by atoms with van der Waals surface area (Å²) in [5.41, 5.74) is 3.53. The monoisotopic (exact) mass is 403 g/mol. The number of halogens is 1. The Bertz CT molecular complexity index is 866. The lowest BCUT2D eigenvalue weighted by molar-refractivity contribution is -0.138. The minimum Gasteiger partial charge on any atom is -0.480 e. The summed E-state index contributed by atoms with van der Waals surface area (Å²) in [6.45, 7) is 6.73. The van der Waals surface area contributed by atoms with Gasteiger partial charge in [0.1, 0.15) is 10.5 Å². The van der Waals surface area contributed by atoms with E-state index in [4.69, 9.17) is 4.74 Å². The number of nitrogens with zero attached hydrogens (tertiary/aromatic N) is 1. The molecule has 0 spiro atoms. The van der Waals surface area contributed by atoms with E-state index in [0.717, 1.165) is 27.3 Å². The first-order valence-corrected chi connectivity index (χ1v) is 9.93. The lowest BCUT2D eigenvalue weighted by Gasteiger charge is -2.23. The Kier molecular flexibility index (Phi) is 7.24. The van der Waals surface area contributed by atoms with Crippen molar-refractivity contribution in [2.24, 2.45) is 4.99 Å². The molecule has 150 valence electrons. The minimum absolute atomic E-state index is 0.458. The van der Waals surface area contributed by atoms with Crippen LogP contribution in [0.3, 0.4) is 0 Å². The fraction of sp³-hybridized carbons (Fsp3) is 0.364. The van der Waals surface area contributed by atoms with Crippen LogP contribution in [-0.4, -0.2) is 34.9 Å². The van der Waals surface area contributed by atoms with Crippen LogP contribution in [0.25, 0.3) is 5.57 Å². The molecule has 1 aromatic rings. The molecule has 28 heavy (non-hydrogen) atoms. The molecule has 0 fully saturated rings. The van der Waals surface area contributed by atoms with Crippen molar-refractivity contribution in [1.29, 1.82) is 0 Å². The highest BCUT2D eigenvalue weighted by atomic mass is 32.2. The second-order valence-electron chi connectivity index (χ2n) is 6.84. The summed E-state index contributed by atoms with van der Waals surface area (Å²) in [5.74, 6) is -0.404. The molecule has 0 amide bonds. The molecule has 0 radical (unpaired) electrons. The van der Waals surface area contributed by atoms with E-state index in [1.807, 2.05) is 37.3 Å². The van der Waals surface area contributed by atoms with Crippen LogP contribution < -0.4 is 4.74 Å². The summed E-state index contributed by atoms with van der Waals surface area (Å²) in [6.07, 6.45) is 5.17. The second-order valence-corrected chi connectivity index (χ2v) is 8.56. The maximum absolute atomic E-state index is 13.2. The van der Waals surface area contributed by atoms with Gasteiger partial charge in [-0.3, -0.25) is 9.79 Å². The molecular weight excluding hydrogens is 377 g/mol. The number of thioether (sulfide) groups is 1. The second kappa shape index (κ2) is 9.24. The first-order valence-electron chi connectivity index (χ1n) is 9.11. The van der Waals surface area contributed by atoms with Gasteiger partial charge < -0.3 is 9.84 Å². The highest BCUT2D eigenvalue weighted by molar-refractivity contribution is 8.05. The van der Waals surface area contributed by atoms with E-state index in [1.165, 1.54) is 18.7 Å². The van der Waals surface area contributed by atoms with E-state index in [-0.39, 0.29) is 0 Å². The van der Waals surface area contributed by atoms with Crippen molar-refractivity contribution in [3.63, 3.8) is 0 Å². The number of alkyl halides is 1. The highest BCUT2D eigenvalue weighted by Crippen LogP contribution is 2.38. The van der Waals surface area contributed by atoms with E-state index in [0.29, 0.717) is 12.2 Å². The van der Waals surface area contributed by atoms with Gasteiger partial charge >= 0.3 is 5.97 Å². The molecular formula is C22H26FNO3S.